The van der Waals surface area contributed by atoms with E-state index >= 15 is 0 Å². The number of rotatable bonds is 2. The molecule has 0 aliphatic carbocycles. The molecule has 0 atom stereocenters. The van der Waals surface area contributed by atoms with Crippen LogP contribution in [-0.4, -0.2) is 24.7 Å². The van der Waals surface area contributed by atoms with Gasteiger partial charge in [-0.2, -0.15) is 0 Å². The Morgan fingerprint density at radius 3 is 2.53 bits per heavy atom. The van der Waals surface area contributed by atoms with Crippen molar-refractivity contribution in [3.05, 3.63) is 54.8 Å². The van der Waals surface area contributed by atoms with Crippen molar-refractivity contribution in [3.8, 4) is 16.9 Å². The van der Waals surface area contributed by atoms with E-state index in [0.29, 0.717) is 11.4 Å². The minimum atomic E-state index is -0.357. The van der Waals surface area contributed by atoms with Gasteiger partial charge >= 0.3 is 0 Å². The lowest BCUT2D eigenvalue weighted by Crippen LogP contribution is -1.98. The van der Waals surface area contributed by atoms with E-state index in [1.54, 1.807) is 35.6 Å². The summed E-state index contributed by atoms with van der Waals surface area (Å²) in [6.45, 7) is 1.84. The van der Waals surface area contributed by atoms with Gasteiger partial charge in [0.2, 0.25) is 0 Å². The van der Waals surface area contributed by atoms with Crippen molar-refractivity contribution in [3.63, 3.8) is 0 Å². The standard InChI is InChI=1S/C13H10FN5/c1-9-10(11-4-5-15-6-12(11)14)2-3-13(18-9)19-7-16-17-8-19/h2-8H,1H3. The fourth-order valence-corrected chi connectivity index (χ4v) is 1.89. The summed E-state index contributed by atoms with van der Waals surface area (Å²) < 4.78 is 15.4. The highest BCUT2D eigenvalue weighted by atomic mass is 19.1. The molecule has 3 aromatic heterocycles. The molecule has 0 N–H and O–H groups in total. The van der Waals surface area contributed by atoms with Crippen LogP contribution in [-0.2, 0) is 0 Å². The van der Waals surface area contributed by atoms with Crippen LogP contribution in [0.1, 0.15) is 5.69 Å². The van der Waals surface area contributed by atoms with Gasteiger partial charge in [-0.1, -0.05) is 0 Å². The fraction of sp³-hybridized carbons (Fsp3) is 0.0769. The molecule has 0 saturated heterocycles. The van der Waals surface area contributed by atoms with Gasteiger partial charge in [0.25, 0.3) is 0 Å². The van der Waals surface area contributed by atoms with Gasteiger partial charge in [-0.3, -0.25) is 9.55 Å². The first-order valence-electron chi connectivity index (χ1n) is 5.68. The lowest BCUT2D eigenvalue weighted by atomic mass is 10.1. The van der Waals surface area contributed by atoms with Crippen molar-refractivity contribution in [2.75, 3.05) is 0 Å². The van der Waals surface area contributed by atoms with E-state index in [9.17, 15) is 4.39 Å². The zero-order chi connectivity index (χ0) is 13.2. The predicted molar refractivity (Wildman–Crippen MR) is 67.1 cm³/mol. The van der Waals surface area contributed by atoms with Crippen LogP contribution >= 0.6 is 0 Å². The molecule has 94 valence electrons. The van der Waals surface area contributed by atoms with Crippen molar-refractivity contribution in [1.82, 2.24) is 24.7 Å². The number of aryl methyl sites for hydroxylation is 1. The Morgan fingerprint density at radius 2 is 1.84 bits per heavy atom. The van der Waals surface area contributed by atoms with E-state index in [4.69, 9.17) is 0 Å². The summed E-state index contributed by atoms with van der Waals surface area (Å²) in [5.74, 6) is 0.338. The Balaban J connectivity index is 2.08. The van der Waals surface area contributed by atoms with E-state index in [0.717, 1.165) is 11.3 Å². The third kappa shape index (κ3) is 2.08. The number of hydrogen-bond acceptors (Lipinski definition) is 4. The minimum absolute atomic E-state index is 0.357. The Kier molecular flexibility index (Phi) is 2.75. The van der Waals surface area contributed by atoms with Gasteiger partial charge in [0.15, 0.2) is 0 Å². The van der Waals surface area contributed by atoms with Gasteiger partial charge in [0.1, 0.15) is 24.3 Å². The smallest absolute Gasteiger partial charge is 0.149 e. The van der Waals surface area contributed by atoms with Crippen molar-refractivity contribution < 1.29 is 4.39 Å². The van der Waals surface area contributed by atoms with Crippen LogP contribution in [0.5, 0.6) is 0 Å². The van der Waals surface area contributed by atoms with Gasteiger partial charge in [-0.25, -0.2) is 9.37 Å². The molecular formula is C13H10FN5. The minimum Gasteiger partial charge on any atom is -0.272 e. The molecule has 6 heteroatoms. The second-order valence-corrected chi connectivity index (χ2v) is 4.03. The van der Waals surface area contributed by atoms with Crippen LogP contribution < -0.4 is 0 Å². The van der Waals surface area contributed by atoms with Crippen molar-refractivity contribution in [2.45, 2.75) is 6.92 Å². The third-order valence-electron chi connectivity index (χ3n) is 2.82. The summed E-state index contributed by atoms with van der Waals surface area (Å²) in [5.41, 5.74) is 1.98. The van der Waals surface area contributed by atoms with Crippen LogP contribution in [0, 0.1) is 12.7 Å². The second kappa shape index (κ2) is 4.56. The summed E-state index contributed by atoms with van der Waals surface area (Å²) in [5, 5.41) is 7.46. The normalized spacial score (nSPS) is 10.6. The summed E-state index contributed by atoms with van der Waals surface area (Å²) >= 11 is 0. The van der Waals surface area contributed by atoms with Gasteiger partial charge < -0.3 is 0 Å². The SMILES string of the molecule is Cc1nc(-n2cnnc2)ccc1-c1ccncc1F. The van der Waals surface area contributed by atoms with Crippen LogP contribution in [0.3, 0.4) is 0 Å². The Labute approximate surface area is 108 Å². The van der Waals surface area contributed by atoms with Crippen LogP contribution in [0.2, 0.25) is 0 Å². The topological polar surface area (TPSA) is 56.5 Å². The molecule has 3 rings (SSSR count). The van der Waals surface area contributed by atoms with Gasteiger partial charge in [-0.05, 0) is 25.1 Å². The molecule has 0 aliphatic heterocycles. The Bertz CT molecular complexity index is 709. The molecule has 0 saturated carbocycles. The first-order chi connectivity index (χ1) is 9.25. The molecule has 0 spiro atoms. The maximum absolute atomic E-state index is 13.7. The van der Waals surface area contributed by atoms with E-state index in [-0.39, 0.29) is 5.82 Å². The van der Waals surface area contributed by atoms with E-state index in [1.165, 1.54) is 6.20 Å². The number of pyridine rings is 2. The lowest BCUT2D eigenvalue weighted by molar-refractivity contribution is 0.624. The zero-order valence-corrected chi connectivity index (χ0v) is 10.2. The average Bonchev–Trinajstić information content (AvgIpc) is 2.94. The predicted octanol–water partition coefficient (Wildman–Crippen LogP) is 2.17. The zero-order valence-electron chi connectivity index (χ0n) is 10.2. The average molecular weight is 255 g/mol. The Hall–Kier alpha value is -2.63. The molecule has 5 nitrogen and oxygen atoms in total. The van der Waals surface area contributed by atoms with Crippen molar-refractivity contribution in [2.24, 2.45) is 0 Å². The maximum Gasteiger partial charge on any atom is 0.149 e. The highest BCUT2D eigenvalue weighted by molar-refractivity contribution is 5.66. The van der Waals surface area contributed by atoms with Gasteiger partial charge in [0, 0.05) is 23.0 Å². The molecule has 3 heterocycles. The number of aromatic nitrogens is 5. The molecule has 0 unspecified atom stereocenters. The largest absolute Gasteiger partial charge is 0.272 e. The molecular weight excluding hydrogens is 245 g/mol. The fourth-order valence-electron chi connectivity index (χ4n) is 1.89. The lowest BCUT2D eigenvalue weighted by Gasteiger charge is -2.08. The Morgan fingerprint density at radius 1 is 1.05 bits per heavy atom. The highest BCUT2D eigenvalue weighted by Gasteiger charge is 2.09. The quantitative estimate of drug-likeness (QED) is 0.704. The van der Waals surface area contributed by atoms with Crippen molar-refractivity contribution in [1.29, 1.82) is 0 Å². The van der Waals surface area contributed by atoms with E-state index in [1.807, 2.05) is 13.0 Å². The van der Waals surface area contributed by atoms with Gasteiger partial charge in [-0.15, -0.1) is 10.2 Å². The first kappa shape index (κ1) is 11.5. The van der Waals surface area contributed by atoms with Crippen LogP contribution in [0.15, 0.2) is 43.2 Å². The number of hydrogen-bond donors (Lipinski definition) is 0. The maximum atomic E-state index is 13.7. The number of nitrogens with zero attached hydrogens (tertiary/aromatic N) is 5. The van der Waals surface area contributed by atoms with Gasteiger partial charge in [0.05, 0.1) is 6.20 Å². The molecule has 0 radical (unpaired) electrons. The molecule has 3 aromatic rings. The molecule has 0 amide bonds. The summed E-state index contributed by atoms with van der Waals surface area (Å²) in [4.78, 5) is 8.17. The van der Waals surface area contributed by atoms with E-state index in [2.05, 4.69) is 20.2 Å². The van der Waals surface area contributed by atoms with Crippen LogP contribution in [0.25, 0.3) is 16.9 Å². The first-order valence-corrected chi connectivity index (χ1v) is 5.68. The van der Waals surface area contributed by atoms with Crippen LogP contribution in [0.4, 0.5) is 4.39 Å². The summed E-state index contributed by atoms with van der Waals surface area (Å²) in [7, 11) is 0. The highest BCUT2D eigenvalue weighted by Crippen LogP contribution is 2.25. The molecule has 0 aromatic carbocycles. The molecule has 0 fully saturated rings. The molecule has 19 heavy (non-hydrogen) atoms. The molecule has 0 bridgehead atoms. The summed E-state index contributed by atoms with van der Waals surface area (Å²) in [6.07, 6.45) is 5.89. The third-order valence-corrected chi connectivity index (χ3v) is 2.82. The number of halogens is 1. The molecule has 0 aliphatic rings. The van der Waals surface area contributed by atoms with Crippen molar-refractivity contribution >= 4 is 0 Å². The summed E-state index contributed by atoms with van der Waals surface area (Å²) in [6, 6.07) is 5.26. The second-order valence-electron chi connectivity index (χ2n) is 4.03. The monoisotopic (exact) mass is 255 g/mol. The van der Waals surface area contributed by atoms with E-state index < -0.39 is 0 Å².